The van der Waals surface area contributed by atoms with Crippen molar-refractivity contribution in [1.29, 1.82) is 0 Å². The molecule has 0 saturated heterocycles. The minimum atomic E-state index is 0.600. The molecule has 0 aliphatic rings. The van der Waals surface area contributed by atoms with Crippen LogP contribution in [0.15, 0.2) is 54.6 Å². The van der Waals surface area contributed by atoms with Crippen LogP contribution in [0.4, 0.5) is 0 Å². The average Bonchev–Trinajstić information content (AvgIpc) is 2.65. The average molecular weight is 359 g/mol. The van der Waals surface area contributed by atoms with Crippen molar-refractivity contribution in [3.63, 3.8) is 0 Å². The fourth-order valence-electron chi connectivity index (χ4n) is 2.35. The zero-order valence-electron chi connectivity index (χ0n) is 14.7. The first-order valence-corrected chi connectivity index (χ1v) is 8.89. The fourth-order valence-corrected chi connectivity index (χ4v) is 2.53. The normalized spacial score (nSPS) is 10.4. The zero-order chi connectivity index (χ0) is 17.7. The Balaban J connectivity index is 1.70. The van der Waals surface area contributed by atoms with Gasteiger partial charge in [-0.15, -0.1) is 0 Å². The summed E-state index contributed by atoms with van der Waals surface area (Å²) < 4.78 is 10.8. The second-order valence-corrected chi connectivity index (χ2v) is 6.16. The van der Waals surface area contributed by atoms with E-state index < -0.39 is 0 Å². The first-order valence-electron chi connectivity index (χ1n) is 8.48. The molecular weight excluding hydrogens is 332 g/mol. The molecule has 0 spiro atoms. The predicted molar refractivity (Wildman–Crippen MR) is 105 cm³/mol. The van der Waals surface area contributed by atoms with Crippen molar-refractivity contribution >= 4 is 17.3 Å². The molecule has 0 atom stereocenters. The Kier molecular flexibility index (Phi) is 8.97. The minimum absolute atomic E-state index is 0.600. The van der Waals surface area contributed by atoms with Crippen LogP contribution < -0.4 is 10.6 Å². The van der Waals surface area contributed by atoms with Gasteiger partial charge in [-0.3, -0.25) is 0 Å². The maximum Gasteiger partial charge on any atom is 0.166 e. The van der Waals surface area contributed by atoms with Gasteiger partial charge < -0.3 is 20.1 Å². The van der Waals surface area contributed by atoms with Gasteiger partial charge in [0.05, 0.1) is 13.2 Å². The van der Waals surface area contributed by atoms with Crippen molar-refractivity contribution in [3.05, 3.63) is 71.3 Å². The Bertz CT molecular complexity index is 635. The number of thiocarbonyl (C=S) groups is 1. The van der Waals surface area contributed by atoms with Crippen LogP contribution in [0.1, 0.15) is 23.1 Å². The molecule has 0 aromatic heterocycles. The summed E-state index contributed by atoms with van der Waals surface area (Å²) in [6.07, 6.45) is 0.937. The topological polar surface area (TPSA) is 42.5 Å². The summed E-state index contributed by atoms with van der Waals surface area (Å²) >= 11 is 5.27. The third-order valence-electron chi connectivity index (χ3n) is 3.64. The molecule has 0 fully saturated rings. The molecule has 0 radical (unpaired) electrons. The third-order valence-corrected chi connectivity index (χ3v) is 3.92. The van der Waals surface area contributed by atoms with Crippen molar-refractivity contribution in [2.75, 3.05) is 20.3 Å². The number of benzene rings is 2. The zero-order valence-corrected chi connectivity index (χ0v) is 15.5. The quantitative estimate of drug-likeness (QED) is 0.503. The first-order chi connectivity index (χ1) is 12.3. The molecular formula is C20H26N2O2S. The van der Waals surface area contributed by atoms with E-state index in [2.05, 4.69) is 41.0 Å². The summed E-state index contributed by atoms with van der Waals surface area (Å²) in [5, 5.41) is 7.06. The standard InChI is InChI=1S/C20H26N2O2S/c1-23-12-6-11-21-20(25)22-14-18-9-5-10-19(13-18)16-24-15-17-7-3-2-4-8-17/h2-5,7-10,13H,6,11-12,14-16H2,1H3,(H2,21,22,25). The van der Waals surface area contributed by atoms with Gasteiger partial charge >= 0.3 is 0 Å². The number of rotatable bonds is 10. The second-order valence-electron chi connectivity index (χ2n) is 5.75. The number of nitrogens with one attached hydrogen (secondary N) is 2. The van der Waals surface area contributed by atoms with E-state index in [4.69, 9.17) is 21.7 Å². The highest BCUT2D eigenvalue weighted by Gasteiger charge is 2.00. The van der Waals surface area contributed by atoms with Crippen molar-refractivity contribution < 1.29 is 9.47 Å². The molecule has 0 aliphatic heterocycles. The molecule has 5 heteroatoms. The van der Waals surface area contributed by atoms with E-state index in [1.165, 1.54) is 11.1 Å². The van der Waals surface area contributed by atoms with Crippen molar-refractivity contribution in [2.45, 2.75) is 26.2 Å². The lowest BCUT2D eigenvalue weighted by Crippen LogP contribution is -2.35. The molecule has 25 heavy (non-hydrogen) atoms. The van der Waals surface area contributed by atoms with E-state index in [1.807, 2.05) is 24.3 Å². The SMILES string of the molecule is COCCCNC(=S)NCc1cccc(COCc2ccccc2)c1. The lowest BCUT2D eigenvalue weighted by molar-refractivity contribution is 0.107. The molecule has 4 nitrogen and oxygen atoms in total. The number of ether oxygens (including phenoxy) is 2. The number of hydrogen-bond acceptors (Lipinski definition) is 3. The van der Waals surface area contributed by atoms with Crippen LogP contribution in [0, 0.1) is 0 Å². The largest absolute Gasteiger partial charge is 0.385 e. The predicted octanol–water partition coefficient (Wildman–Crippen LogP) is 3.40. The molecule has 0 bridgehead atoms. The lowest BCUT2D eigenvalue weighted by atomic mass is 10.1. The van der Waals surface area contributed by atoms with E-state index >= 15 is 0 Å². The molecule has 0 saturated carbocycles. The van der Waals surface area contributed by atoms with Gasteiger partial charge in [-0.25, -0.2) is 0 Å². The Labute approximate surface area is 155 Å². The van der Waals surface area contributed by atoms with Gasteiger partial charge in [0, 0.05) is 26.8 Å². The van der Waals surface area contributed by atoms with E-state index in [-0.39, 0.29) is 0 Å². The summed E-state index contributed by atoms with van der Waals surface area (Å²) in [6.45, 7) is 3.47. The monoisotopic (exact) mass is 358 g/mol. The molecule has 0 aliphatic carbocycles. The van der Waals surface area contributed by atoms with Crippen LogP contribution in [0.5, 0.6) is 0 Å². The van der Waals surface area contributed by atoms with Crippen molar-refractivity contribution in [1.82, 2.24) is 10.6 Å². The third kappa shape index (κ3) is 8.12. The summed E-state index contributed by atoms with van der Waals surface area (Å²) in [4.78, 5) is 0. The Morgan fingerprint density at radius 2 is 1.64 bits per heavy atom. The maximum atomic E-state index is 5.79. The van der Waals surface area contributed by atoms with Crippen molar-refractivity contribution in [2.24, 2.45) is 0 Å². The molecule has 2 aromatic carbocycles. The fraction of sp³-hybridized carbons (Fsp3) is 0.350. The molecule has 0 unspecified atom stereocenters. The highest BCUT2D eigenvalue weighted by Crippen LogP contribution is 2.09. The molecule has 2 rings (SSSR count). The molecule has 0 heterocycles. The Hall–Kier alpha value is -1.95. The first kappa shape index (κ1) is 19.4. The number of hydrogen-bond donors (Lipinski definition) is 2. The van der Waals surface area contributed by atoms with Crippen LogP contribution in [0.25, 0.3) is 0 Å². The van der Waals surface area contributed by atoms with Crippen LogP contribution >= 0.6 is 12.2 Å². The van der Waals surface area contributed by atoms with Gasteiger partial charge in [0.2, 0.25) is 0 Å². The molecule has 134 valence electrons. The Morgan fingerprint density at radius 1 is 0.920 bits per heavy atom. The number of methoxy groups -OCH3 is 1. The van der Waals surface area contributed by atoms with Crippen LogP contribution in [0.3, 0.4) is 0 Å². The van der Waals surface area contributed by atoms with Crippen LogP contribution in [0.2, 0.25) is 0 Å². The van der Waals surface area contributed by atoms with Gasteiger partial charge in [-0.05, 0) is 35.3 Å². The van der Waals surface area contributed by atoms with Gasteiger partial charge in [-0.1, -0.05) is 54.6 Å². The second kappa shape index (κ2) is 11.6. The lowest BCUT2D eigenvalue weighted by Gasteiger charge is -2.11. The maximum absolute atomic E-state index is 5.79. The summed E-state index contributed by atoms with van der Waals surface area (Å²) in [7, 11) is 1.70. The Morgan fingerprint density at radius 3 is 2.44 bits per heavy atom. The van der Waals surface area contributed by atoms with Crippen molar-refractivity contribution in [3.8, 4) is 0 Å². The van der Waals surface area contributed by atoms with Gasteiger partial charge in [0.25, 0.3) is 0 Å². The van der Waals surface area contributed by atoms with E-state index in [0.717, 1.165) is 25.1 Å². The summed E-state index contributed by atoms with van der Waals surface area (Å²) in [6, 6.07) is 18.6. The smallest absolute Gasteiger partial charge is 0.166 e. The van der Waals surface area contributed by atoms with E-state index in [1.54, 1.807) is 7.11 Å². The molecule has 0 amide bonds. The van der Waals surface area contributed by atoms with Crippen LogP contribution in [-0.4, -0.2) is 25.4 Å². The minimum Gasteiger partial charge on any atom is -0.385 e. The van der Waals surface area contributed by atoms with E-state index in [0.29, 0.717) is 24.9 Å². The summed E-state index contributed by atoms with van der Waals surface area (Å²) in [5.74, 6) is 0. The van der Waals surface area contributed by atoms with Crippen LogP contribution in [-0.2, 0) is 29.2 Å². The van der Waals surface area contributed by atoms with Gasteiger partial charge in [0.1, 0.15) is 0 Å². The van der Waals surface area contributed by atoms with Gasteiger partial charge in [0.15, 0.2) is 5.11 Å². The van der Waals surface area contributed by atoms with Gasteiger partial charge in [-0.2, -0.15) is 0 Å². The molecule has 2 N–H and O–H groups in total. The molecule has 2 aromatic rings. The summed E-state index contributed by atoms with van der Waals surface area (Å²) in [5.41, 5.74) is 3.53. The van der Waals surface area contributed by atoms with E-state index in [9.17, 15) is 0 Å². The highest BCUT2D eigenvalue weighted by atomic mass is 32.1. The highest BCUT2D eigenvalue weighted by molar-refractivity contribution is 7.80.